The van der Waals surface area contributed by atoms with Crippen LogP contribution in [0, 0.1) is 11.3 Å². The fourth-order valence-electron chi connectivity index (χ4n) is 1.38. The van der Waals surface area contributed by atoms with Crippen molar-refractivity contribution in [3.63, 3.8) is 0 Å². The van der Waals surface area contributed by atoms with Crippen LogP contribution in [-0.2, 0) is 16.0 Å². The van der Waals surface area contributed by atoms with Gasteiger partial charge >= 0.3 is 5.97 Å². The van der Waals surface area contributed by atoms with Crippen LogP contribution >= 0.6 is 11.6 Å². The van der Waals surface area contributed by atoms with Gasteiger partial charge in [0.1, 0.15) is 11.8 Å². The van der Waals surface area contributed by atoms with Crippen LogP contribution in [0.1, 0.15) is 18.1 Å². The fourth-order valence-corrected chi connectivity index (χ4v) is 1.60. The Balaban J connectivity index is 3.03. The third-order valence-corrected chi connectivity index (χ3v) is 2.44. The third kappa shape index (κ3) is 3.36. The molecule has 0 saturated carbocycles. The van der Waals surface area contributed by atoms with Gasteiger partial charge in [-0.15, -0.1) is 0 Å². The predicted octanol–water partition coefficient (Wildman–Crippen LogP) is 2.33. The van der Waals surface area contributed by atoms with E-state index in [4.69, 9.17) is 26.3 Å². The molecule has 0 heterocycles. The summed E-state index contributed by atoms with van der Waals surface area (Å²) in [6, 6.07) is 5.01. The Morgan fingerprint density at radius 1 is 1.53 bits per heavy atom. The standard InChI is InChI=1S/C12H12ClNO3/c1-3-17-12(15)6-8-4-10(13)9(7-14)5-11(8)16-2/h4-5H,3,6H2,1-2H3. The molecule has 0 atom stereocenters. The zero-order valence-corrected chi connectivity index (χ0v) is 10.4. The van der Waals surface area contributed by atoms with E-state index < -0.39 is 0 Å². The van der Waals surface area contributed by atoms with Crippen LogP contribution in [-0.4, -0.2) is 19.7 Å². The van der Waals surface area contributed by atoms with Crippen molar-refractivity contribution in [2.75, 3.05) is 13.7 Å². The molecule has 0 aromatic heterocycles. The highest BCUT2D eigenvalue weighted by atomic mass is 35.5. The molecule has 1 rings (SSSR count). The maximum atomic E-state index is 11.4. The molecule has 4 nitrogen and oxygen atoms in total. The zero-order valence-electron chi connectivity index (χ0n) is 9.62. The maximum absolute atomic E-state index is 11.4. The summed E-state index contributed by atoms with van der Waals surface area (Å²) in [6.07, 6.45) is 0.0719. The van der Waals surface area contributed by atoms with E-state index in [9.17, 15) is 4.79 Å². The van der Waals surface area contributed by atoms with Crippen LogP contribution in [0.2, 0.25) is 5.02 Å². The number of halogens is 1. The lowest BCUT2D eigenvalue weighted by Gasteiger charge is -2.09. The maximum Gasteiger partial charge on any atom is 0.310 e. The molecule has 1 aromatic carbocycles. The van der Waals surface area contributed by atoms with Crippen LogP contribution in [0.5, 0.6) is 5.75 Å². The molecule has 0 saturated heterocycles. The number of nitrogens with zero attached hydrogens (tertiary/aromatic N) is 1. The quantitative estimate of drug-likeness (QED) is 0.773. The third-order valence-electron chi connectivity index (χ3n) is 2.13. The van der Waals surface area contributed by atoms with Gasteiger partial charge in [-0.1, -0.05) is 11.6 Å². The first kappa shape index (κ1) is 13.3. The molecule has 0 unspecified atom stereocenters. The molecular formula is C12H12ClNO3. The summed E-state index contributed by atoms with van der Waals surface area (Å²) in [5.41, 5.74) is 0.922. The van der Waals surface area contributed by atoms with Crippen molar-refractivity contribution in [3.05, 3.63) is 28.3 Å². The molecular weight excluding hydrogens is 242 g/mol. The number of hydrogen-bond acceptors (Lipinski definition) is 4. The van der Waals surface area contributed by atoms with Crippen LogP contribution in [0.3, 0.4) is 0 Å². The first-order valence-electron chi connectivity index (χ1n) is 5.04. The van der Waals surface area contributed by atoms with E-state index in [-0.39, 0.29) is 12.4 Å². The second kappa shape index (κ2) is 6.12. The van der Waals surface area contributed by atoms with Gasteiger partial charge in [-0.3, -0.25) is 4.79 Å². The first-order valence-corrected chi connectivity index (χ1v) is 5.42. The number of carbonyl (C=O) groups is 1. The minimum absolute atomic E-state index is 0.0719. The Bertz CT molecular complexity index is 466. The largest absolute Gasteiger partial charge is 0.496 e. The van der Waals surface area contributed by atoms with E-state index in [1.807, 2.05) is 6.07 Å². The van der Waals surface area contributed by atoms with Crippen molar-refractivity contribution < 1.29 is 14.3 Å². The summed E-state index contributed by atoms with van der Waals surface area (Å²) in [6.45, 7) is 2.06. The Kier molecular flexibility index (Phi) is 4.80. The van der Waals surface area contributed by atoms with Crippen molar-refractivity contribution >= 4 is 17.6 Å². The van der Waals surface area contributed by atoms with E-state index in [0.717, 1.165) is 0 Å². The first-order chi connectivity index (χ1) is 8.12. The monoisotopic (exact) mass is 253 g/mol. The van der Waals surface area contributed by atoms with Gasteiger partial charge in [0.25, 0.3) is 0 Å². The summed E-state index contributed by atoms with van der Waals surface area (Å²) in [7, 11) is 1.47. The number of ether oxygens (including phenoxy) is 2. The predicted molar refractivity (Wildman–Crippen MR) is 63.1 cm³/mol. The Morgan fingerprint density at radius 2 is 2.24 bits per heavy atom. The van der Waals surface area contributed by atoms with E-state index in [2.05, 4.69) is 0 Å². The summed E-state index contributed by atoms with van der Waals surface area (Å²) in [5.74, 6) is 0.102. The van der Waals surface area contributed by atoms with E-state index in [1.165, 1.54) is 13.2 Å². The molecule has 0 bridgehead atoms. The average molecular weight is 254 g/mol. The second-order valence-electron chi connectivity index (χ2n) is 3.24. The lowest BCUT2D eigenvalue weighted by molar-refractivity contribution is -0.142. The van der Waals surface area contributed by atoms with Crippen molar-refractivity contribution in [1.82, 2.24) is 0 Å². The highest BCUT2D eigenvalue weighted by molar-refractivity contribution is 6.31. The summed E-state index contributed by atoms with van der Waals surface area (Å²) in [4.78, 5) is 11.4. The van der Waals surface area contributed by atoms with Gasteiger partial charge in [0, 0.05) is 5.56 Å². The van der Waals surface area contributed by atoms with Gasteiger partial charge in [0.2, 0.25) is 0 Å². The number of esters is 1. The molecule has 0 N–H and O–H groups in total. The highest BCUT2D eigenvalue weighted by Gasteiger charge is 2.13. The molecule has 0 radical (unpaired) electrons. The van der Waals surface area contributed by atoms with Crippen LogP contribution in [0.15, 0.2) is 12.1 Å². The minimum Gasteiger partial charge on any atom is -0.496 e. The summed E-state index contributed by atoms with van der Waals surface area (Å²) < 4.78 is 9.94. The number of nitriles is 1. The number of benzene rings is 1. The van der Waals surface area contributed by atoms with Gasteiger partial charge in [-0.2, -0.15) is 5.26 Å². The molecule has 90 valence electrons. The second-order valence-corrected chi connectivity index (χ2v) is 3.64. The summed E-state index contributed by atoms with van der Waals surface area (Å²) in [5, 5.41) is 9.11. The van der Waals surface area contributed by atoms with Crippen molar-refractivity contribution in [2.24, 2.45) is 0 Å². The van der Waals surface area contributed by atoms with Crippen molar-refractivity contribution in [1.29, 1.82) is 5.26 Å². The fraction of sp³-hybridized carbons (Fsp3) is 0.333. The van der Waals surface area contributed by atoms with Gasteiger partial charge in [-0.25, -0.2) is 0 Å². The lowest BCUT2D eigenvalue weighted by atomic mass is 10.1. The minimum atomic E-state index is -0.355. The van der Waals surface area contributed by atoms with Crippen molar-refractivity contribution in [2.45, 2.75) is 13.3 Å². The molecule has 17 heavy (non-hydrogen) atoms. The Labute approximate surface area is 105 Å². The topological polar surface area (TPSA) is 59.3 Å². The SMILES string of the molecule is CCOC(=O)Cc1cc(Cl)c(C#N)cc1OC. The number of carbonyl (C=O) groups excluding carboxylic acids is 1. The summed E-state index contributed by atoms with van der Waals surface area (Å²) >= 11 is 5.89. The van der Waals surface area contributed by atoms with Crippen LogP contribution < -0.4 is 4.74 Å². The van der Waals surface area contributed by atoms with Gasteiger partial charge in [0.15, 0.2) is 0 Å². The van der Waals surface area contributed by atoms with Gasteiger partial charge in [0.05, 0.1) is 30.7 Å². The number of hydrogen-bond donors (Lipinski definition) is 0. The molecule has 0 fully saturated rings. The molecule has 0 aliphatic carbocycles. The van der Waals surface area contributed by atoms with E-state index >= 15 is 0 Å². The average Bonchev–Trinajstić information content (AvgIpc) is 2.29. The Morgan fingerprint density at radius 3 is 2.76 bits per heavy atom. The highest BCUT2D eigenvalue weighted by Crippen LogP contribution is 2.27. The molecule has 5 heteroatoms. The van der Waals surface area contributed by atoms with Crippen LogP contribution in [0.4, 0.5) is 0 Å². The van der Waals surface area contributed by atoms with Gasteiger partial charge < -0.3 is 9.47 Å². The zero-order chi connectivity index (χ0) is 12.8. The normalized spacial score (nSPS) is 9.53. The van der Waals surface area contributed by atoms with E-state index in [1.54, 1.807) is 13.0 Å². The number of rotatable bonds is 4. The van der Waals surface area contributed by atoms with Crippen LogP contribution in [0.25, 0.3) is 0 Å². The van der Waals surface area contributed by atoms with Crippen molar-refractivity contribution in [3.8, 4) is 11.8 Å². The lowest BCUT2D eigenvalue weighted by Crippen LogP contribution is -2.08. The molecule has 0 aliphatic heterocycles. The van der Waals surface area contributed by atoms with E-state index in [0.29, 0.717) is 28.5 Å². The molecule has 0 spiro atoms. The molecule has 1 aromatic rings. The molecule has 0 aliphatic rings. The smallest absolute Gasteiger partial charge is 0.310 e. The Hall–Kier alpha value is -1.73. The number of methoxy groups -OCH3 is 1. The van der Waals surface area contributed by atoms with Gasteiger partial charge in [-0.05, 0) is 19.1 Å². The molecule has 0 amide bonds.